The smallest absolute Gasteiger partial charge is 0.347 e. The molecule has 0 aliphatic rings. The maximum absolute atomic E-state index is 14.1. The molecule has 0 atom stereocenters. The summed E-state index contributed by atoms with van der Waals surface area (Å²) in [6.45, 7) is 12.4. The minimum absolute atomic E-state index is 0.00958. The average Bonchev–Trinajstić information content (AvgIpc) is 0.912. The van der Waals surface area contributed by atoms with E-state index in [0.717, 1.165) is 63.9 Å². The number of fused-ring (bicyclic) bond motifs is 1. The van der Waals surface area contributed by atoms with Crippen molar-refractivity contribution in [3.8, 4) is 34.5 Å². The van der Waals surface area contributed by atoms with Crippen LogP contribution in [0.25, 0.3) is 10.9 Å². The quantitative estimate of drug-likeness (QED) is 0.0282. The lowest BCUT2D eigenvalue weighted by molar-refractivity contribution is -0.134. The molecule has 0 aliphatic carbocycles. The summed E-state index contributed by atoms with van der Waals surface area (Å²) in [5.74, 6) is -0.467. The van der Waals surface area contributed by atoms with E-state index in [9.17, 15) is 33.2 Å². The molecule has 574 valence electrons. The largest absolute Gasteiger partial charge is 0.497 e. The van der Waals surface area contributed by atoms with Gasteiger partial charge in [-0.05, 0) is 220 Å². The van der Waals surface area contributed by atoms with E-state index in [-0.39, 0.29) is 53.2 Å². The fourth-order valence-corrected chi connectivity index (χ4v) is 12.5. The van der Waals surface area contributed by atoms with Gasteiger partial charge in [-0.25, -0.2) is 9.18 Å². The highest BCUT2D eigenvalue weighted by molar-refractivity contribution is 7.81. The van der Waals surface area contributed by atoms with Crippen molar-refractivity contribution in [1.82, 2.24) is 4.57 Å². The minimum atomic E-state index is -0.594. The molecule has 12 aromatic rings. The normalized spacial score (nSPS) is 10.5. The summed E-state index contributed by atoms with van der Waals surface area (Å²) in [4.78, 5) is 77.5. The van der Waals surface area contributed by atoms with Crippen LogP contribution in [-0.2, 0) is 38.4 Å². The molecule has 0 unspecified atom stereocenters. The Hall–Kier alpha value is -11.2. The number of methoxy groups -OCH3 is 1. The molecular weight excluding hydrogens is 1590 g/mol. The molecule has 12 rings (SSSR count). The Morgan fingerprint density at radius 3 is 1.34 bits per heavy atom. The van der Waals surface area contributed by atoms with Gasteiger partial charge in [0.15, 0.2) is 0 Å². The Kier molecular flexibility index (Phi) is 31.0. The standard InChI is InChI=1S/C27H22ClNO4S.C23H19ClFNO2S.C22H17Cl2NO2S.C17H14O4S/c1-16-23(15-26(30)33-21-10-6-18(7-11-21)17(2)34)24-14-22(32-3)12-13-25(24)29(16)27(31)19-4-8-20(28)9-5-19;1-14-6-11-21(26-23-19(24)4-3-5-20(23)25)17(12-14)13-22(27)28-18-9-7-16(8-10-18)15(2)29;1-14(28)15-9-11-17(12-10-15)27-21(26)13-16-5-2-3-8-20(16)25-22-18(23)6-4-7-19(22)24;1-11(22)13-7-9-14(10-8-13)21-17(19)15-5-3-4-6-16(15)20-12(2)18/h4-14H,15H2,1-3H3;3-12,26H,13H2,1-2H3;2-12,25H,13H2,1H3;3-10H,1-2H3. The first-order valence-electron chi connectivity index (χ1n) is 34.7. The van der Waals surface area contributed by atoms with Crippen molar-refractivity contribution >= 4 is 184 Å². The van der Waals surface area contributed by atoms with Crippen LogP contribution < -0.4 is 39.1 Å². The van der Waals surface area contributed by atoms with Crippen molar-refractivity contribution in [2.45, 2.75) is 67.7 Å². The molecule has 0 fully saturated rings. The van der Waals surface area contributed by atoms with Crippen molar-refractivity contribution in [3.63, 3.8) is 0 Å². The van der Waals surface area contributed by atoms with E-state index in [1.54, 1.807) is 145 Å². The van der Waals surface area contributed by atoms with Gasteiger partial charge >= 0.3 is 29.8 Å². The number of hydrogen-bond acceptors (Lipinski definition) is 18. The van der Waals surface area contributed by atoms with E-state index in [1.165, 1.54) is 31.2 Å². The first-order chi connectivity index (χ1) is 54.0. The van der Waals surface area contributed by atoms with Crippen LogP contribution in [0.5, 0.6) is 34.5 Å². The Balaban J connectivity index is 0.000000175. The summed E-state index contributed by atoms with van der Waals surface area (Å²) in [7, 11) is 1.57. The monoisotopic (exact) mass is 1660 g/mol. The van der Waals surface area contributed by atoms with E-state index >= 15 is 0 Å². The van der Waals surface area contributed by atoms with Crippen molar-refractivity contribution < 1.29 is 61.6 Å². The maximum atomic E-state index is 14.1. The number of esters is 5. The minimum Gasteiger partial charge on any atom is -0.497 e. The van der Waals surface area contributed by atoms with Gasteiger partial charge in [0, 0.05) is 59.4 Å². The number of benzene rings is 11. The SMILES string of the molecule is CC(=O)Oc1ccccc1C(=O)Oc1ccc(C(C)=S)cc1.CC(=S)c1ccc(OC(=O)Cc2cc(C)ccc2Nc2c(F)cccc2Cl)cc1.CC(=S)c1ccc(OC(=O)Cc2ccccc2Nc2c(Cl)cccc2Cl)cc1.COc1ccc2c(c1)c(CC(=O)Oc1ccc(C(C)=S)cc1)c(C)n2C(=O)c1ccc(Cl)cc1. The molecule has 0 saturated carbocycles. The fourth-order valence-electron chi connectivity index (χ4n) is 11.1. The van der Waals surface area contributed by atoms with E-state index in [2.05, 4.69) is 10.6 Å². The van der Waals surface area contributed by atoms with Crippen LogP contribution in [0.15, 0.2) is 243 Å². The molecule has 113 heavy (non-hydrogen) atoms. The van der Waals surface area contributed by atoms with Crippen LogP contribution >= 0.6 is 95.3 Å². The van der Waals surface area contributed by atoms with Gasteiger partial charge < -0.3 is 39.1 Å². The molecule has 24 heteroatoms. The average molecular weight is 1660 g/mol. The zero-order valence-corrected chi connectivity index (χ0v) is 68.4. The second-order valence-corrected chi connectivity index (χ2v) is 29.2. The van der Waals surface area contributed by atoms with Crippen LogP contribution in [0, 0.1) is 19.7 Å². The molecule has 2 N–H and O–H groups in total. The number of nitrogens with one attached hydrogen (secondary N) is 2. The molecule has 15 nitrogen and oxygen atoms in total. The second-order valence-electron chi connectivity index (χ2n) is 25.1. The summed E-state index contributed by atoms with van der Waals surface area (Å²) in [6.07, 6.45) is 0.105. The van der Waals surface area contributed by atoms with Gasteiger partial charge in [-0.15, -0.1) is 0 Å². The third-order valence-electron chi connectivity index (χ3n) is 16.9. The van der Waals surface area contributed by atoms with Gasteiger partial charge in [0.05, 0.1) is 58.3 Å². The number of aromatic nitrogens is 1. The molecular formula is C89H72Cl4FN3O12S4. The van der Waals surface area contributed by atoms with Gasteiger partial charge in [-0.3, -0.25) is 28.5 Å². The number of ether oxygens (including phenoxy) is 6. The zero-order chi connectivity index (χ0) is 81.6. The molecule has 11 aromatic carbocycles. The number of anilines is 4. The van der Waals surface area contributed by atoms with Crippen molar-refractivity contribution in [2.24, 2.45) is 0 Å². The Bertz CT molecular complexity index is 5530. The predicted octanol–water partition coefficient (Wildman–Crippen LogP) is 22.8. The lowest BCUT2D eigenvalue weighted by Crippen LogP contribution is -2.15. The molecule has 0 bridgehead atoms. The summed E-state index contributed by atoms with van der Waals surface area (Å²) < 4.78 is 47.8. The molecule has 1 aromatic heterocycles. The molecule has 0 aliphatic heterocycles. The predicted molar refractivity (Wildman–Crippen MR) is 462 cm³/mol. The third kappa shape index (κ3) is 24.4. The summed E-state index contributed by atoms with van der Waals surface area (Å²) in [5.41, 5.74) is 10.9. The number of rotatable bonds is 22. The lowest BCUT2D eigenvalue weighted by atomic mass is 10.1. The fraction of sp³-hybridized carbons (Fsp3) is 0.124. The first kappa shape index (κ1) is 85.8. The van der Waals surface area contributed by atoms with Crippen LogP contribution in [0.3, 0.4) is 0 Å². The molecule has 0 amide bonds. The number of hydrogen-bond donors (Lipinski definition) is 2. The highest BCUT2D eigenvalue weighted by Crippen LogP contribution is 2.36. The van der Waals surface area contributed by atoms with E-state index < -0.39 is 29.7 Å². The number of nitrogens with zero attached hydrogens (tertiary/aromatic N) is 1. The number of carbonyl (C=O) groups excluding carboxylic acids is 6. The van der Waals surface area contributed by atoms with Crippen molar-refractivity contribution in [2.75, 3.05) is 17.7 Å². The van der Waals surface area contributed by atoms with Crippen LogP contribution in [-0.4, -0.2) is 66.9 Å². The van der Waals surface area contributed by atoms with Gasteiger partial charge in [0.25, 0.3) is 5.91 Å². The van der Waals surface area contributed by atoms with Crippen LogP contribution in [0.4, 0.5) is 27.1 Å². The van der Waals surface area contributed by atoms with E-state index in [0.29, 0.717) is 83.1 Å². The summed E-state index contributed by atoms with van der Waals surface area (Å²) >= 11 is 45.1. The van der Waals surface area contributed by atoms with Gasteiger partial charge in [-0.2, -0.15) is 0 Å². The number of carbonyl (C=O) groups is 6. The van der Waals surface area contributed by atoms with Gasteiger partial charge in [0.1, 0.15) is 45.9 Å². The number of thiocarbonyl (C=S) groups is 4. The lowest BCUT2D eigenvalue weighted by Gasteiger charge is -2.14. The van der Waals surface area contributed by atoms with Gasteiger partial charge in [0.2, 0.25) is 0 Å². The van der Waals surface area contributed by atoms with Crippen LogP contribution in [0.2, 0.25) is 20.1 Å². The first-order valence-corrected chi connectivity index (χ1v) is 37.8. The zero-order valence-electron chi connectivity index (χ0n) is 62.1. The van der Waals surface area contributed by atoms with E-state index in [4.69, 9.17) is 124 Å². The molecule has 1 heterocycles. The Morgan fingerprint density at radius 2 is 0.841 bits per heavy atom. The van der Waals surface area contributed by atoms with Crippen molar-refractivity contribution in [1.29, 1.82) is 0 Å². The highest BCUT2D eigenvalue weighted by Gasteiger charge is 2.24. The summed E-state index contributed by atoms with van der Waals surface area (Å²) in [6, 6.07) is 69.4. The van der Waals surface area contributed by atoms with Gasteiger partial charge in [-0.1, -0.05) is 204 Å². The van der Waals surface area contributed by atoms with Crippen LogP contribution in [0.1, 0.15) is 106 Å². The summed E-state index contributed by atoms with van der Waals surface area (Å²) in [5, 5.41) is 8.77. The van der Waals surface area contributed by atoms with Crippen molar-refractivity contribution in [3.05, 3.63) is 330 Å². The molecule has 0 spiro atoms. The maximum Gasteiger partial charge on any atom is 0.347 e. The Labute approximate surface area is 694 Å². The number of aryl methyl sites for hydroxylation is 1. The third-order valence-corrected chi connectivity index (χ3v) is 19.0. The molecule has 0 saturated heterocycles. The number of halogens is 5. The second kappa shape index (κ2) is 40.9. The number of para-hydroxylation sites is 4. The highest BCUT2D eigenvalue weighted by atomic mass is 35.5. The Morgan fingerprint density at radius 1 is 0.416 bits per heavy atom. The van der Waals surface area contributed by atoms with E-state index in [1.807, 2.05) is 126 Å². The molecule has 0 radical (unpaired) electrons. The topological polar surface area (TPSA) is 187 Å².